The van der Waals surface area contributed by atoms with Crippen LogP contribution in [0.2, 0.25) is 0 Å². The fraction of sp³-hybridized carbons (Fsp3) is 0.750. The van der Waals surface area contributed by atoms with Crippen LogP contribution in [-0.2, 0) is 4.79 Å². The second-order valence-electron chi connectivity index (χ2n) is 3.30. The number of carbonyl (C=O) groups is 2. The summed E-state index contributed by atoms with van der Waals surface area (Å²) in [4.78, 5) is 23.8. The number of alkyl halides is 3. The van der Waals surface area contributed by atoms with Crippen LogP contribution in [0.5, 0.6) is 0 Å². The molecule has 0 bridgehead atoms. The van der Waals surface area contributed by atoms with E-state index in [1.165, 1.54) is 0 Å². The van der Waals surface area contributed by atoms with Crippen LogP contribution in [0.25, 0.3) is 0 Å². The van der Waals surface area contributed by atoms with Gasteiger partial charge in [-0.2, -0.15) is 13.2 Å². The van der Waals surface area contributed by atoms with Gasteiger partial charge in [-0.25, -0.2) is 4.79 Å². The zero-order valence-electron chi connectivity index (χ0n) is 8.17. The summed E-state index contributed by atoms with van der Waals surface area (Å²) in [7, 11) is 0. The Morgan fingerprint density at radius 1 is 1.33 bits per heavy atom. The molecule has 4 nitrogen and oxygen atoms in total. The Kier molecular flexibility index (Phi) is 3.21. The van der Waals surface area contributed by atoms with Gasteiger partial charge in [-0.1, -0.05) is 6.92 Å². The van der Waals surface area contributed by atoms with Crippen molar-refractivity contribution < 1.29 is 22.8 Å². The lowest BCUT2D eigenvalue weighted by Gasteiger charge is -2.17. The second-order valence-corrected chi connectivity index (χ2v) is 3.30. The predicted molar refractivity (Wildman–Crippen MR) is 45.0 cm³/mol. The van der Waals surface area contributed by atoms with Crippen LogP contribution in [0.3, 0.4) is 0 Å². The molecule has 0 atom stereocenters. The summed E-state index contributed by atoms with van der Waals surface area (Å²) in [5, 5.41) is 0. The van der Waals surface area contributed by atoms with Crippen molar-refractivity contribution in [3.05, 3.63) is 0 Å². The summed E-state index contributed by atoms with van der Waals surface area (Å²) in [5.74, 6) is -0.564. The first-order chi connectivity index (χ1) is 6.85. The Morgan fingerprint density at radius 3 is 2.40 bits per heavy atom. The van der Waals surface area contributed by atoms with Crippen LogP contribution >= 0.6 is 0 Å². The van der Waals surface area contributed by atoms with Crippen molar-refractivity contribution in [2.45, 2.75) is 19.5 Å². The molecule has 1 saturated heterocycles. The molecule has 7 heteroatoms. The van der Waals surface area contributed by atoms with E-state index in [4.69, 9.17) is 0 Å². The minimum Gasteiger partial charge on any atom is -0.306 e. The third-order valence-corrected chi connectivity index (χ3v) is 1.95. The molecule has 1 rings (SSSR count). The molecule has 15 heavy (non-hydrogen) atoms. The molecular weight excluding hydrogens is 213 g/mol. The number of rotatable bonds is 3. The lowest BCUT2D eigenvalue weighted by molar-refractivity contribution is -0.139. The van der Waals surface area contributed by atoms with E-state index in [2.05, 4.69) is 0 Å². The van der Waals surface area contributed by atoms with Crippen LogP contribution in [0.1, 0.15) is 13.3 Å². The van der Waals surface area contributed by atoms with E-state index in [0.717, 1.165) is 4.90 Å². The lowest BCUT2D eigenvalue weighted by Crippen LogP contribution is -2.38. The maximum Gasteiger partial charge on any atom is 0.406 e. The molecule has 0 unspecified atom stereocenters. The predicted octanol–water partition coefficient (Wildman–Crippen LogP) is 1.22. The molecule has 0 aliphatic carbocycles. The van der Waals surface area contributed by atoms with Gasteiger partial charge in [0.25, 0.3) is 0 Å². The van der Waals surface area contributed by atoms with Gasteiger partial charge in [0, 0.05) is 6.54 Å². The van der Waals surface area contributed by atoms with Crippen LogP contribution in [0, 0.1) is 0 Å². The van der Waals surface area contributed by atoms with Crippen LogP contribution < -0.4 is 0 Å². The van der Waals surface area contributed by atoms with Gasteiger partial charge >= 0.3 is 12.2 Å². The first kappa shape index (κ1) is 11.8. The number of carbonyl (C=O) groups excluding carboxylic acids is 2. The zero-order valence-corrected chi connectivity index (χ0v) is 8.17. The average molecular weight is 224 g/mol. The molecule has 0 saturated carbocycles. The molecule has 0 aromatic heterocycles. The Bertz CT molecular complexity index is 278. The van der Waals surface area contributed by atoms with Gasteiger partial charge < -0.3 is 4.90 Å². The fourth-order valence-corrected chi connectivity index (χ4v) is 1.38. The summed E-state index contributed by atoms with van der Waals surface area (Å²) >= 11 is 0. The highest BCUT2D eigenvalue weighted by Gasteiger charge is 2.41. The third-order valence-electron chi connectivity index (χ3n) is 1.95. The van der Waals surface area contributed by atoms with Crippen molar-refractivity contribution in [1.82, 2.24) is 9.80 Å². The van der Waals surface area contributed by atoms with Crippen LogP contribution in [0.4, 0.5) is 18.0 Å². The van der Waals surface area contributed by atoms with Crippen molar-refractivity contribution in [3.63, 3.8) is 0 Å². The molecule has 1 aliphatic heterocycles. The largest absolute Gasteiger partial charge is 0.406 e. The maximum atomic E-state index is 12.0. The molecule has 0 spiro atoms. The van der Waals surface area contributed by atoms with Crippen LogP contribution in [0.15, 0.2) is 0 Å². The van der Waals surface area contributed by atoms with Crippen molar-refractivity contribution in [2.24, 2.45) is 0 Å². The molecule has 0 radical (unpaired) electrons. The van der Waals surface area contributed by atoms with E-state index < -0.39 is 31.2 Å². The van der Waals surface area contributed by atoms with Crippen molar-refractivity contribution in [3.8, 4) is 0 Å². The maximum absolute atomic E-state index is 12.0. The number of urea groups is 1. The average Bonchev–Trinajstić information content (AvgIpc) is 2.30. The summed E-state index contributed by atoms with van der Waals surface area (Å²) in [6, 6.07) is -0.848. The second kappa shape index (κ2) is 4.08. The Morgan fingerprint density at radius 2 is 1.93 bits per heavy atom. The van der Waals surface area contributed by atoms with E-state index in [1.807, 2.05) is 0 Å². The number of imide groups is 1. The highest BCUT2D eigenvalue weighted by atomic mass is 19.4. The van der Waals surface area contributed by atoms with E-state index in [0.29, 0.717) is 11.3 Å². The first-order valence-corrected chi connectivity index (χ1v) is 4.51. The Balaban J connectivity index is 2.65. The van der Waals surface area contributed by atoms with Gasteiger partial charge in [0.15, 0.2) is 0 Å². The van der Waals surface area contributed by atoms with E-state index in [9.17, 15) is 22.8 Å². The minimum absolute atomic E-state index is 0.173. The molecule has 86 valence electrons. The molecule has 1 aliphatic rings. The topological polar surface area (TPSA) is 40.6 Å². The fourth-order valence-electron chi connectivity index (χ4n) is 1.38. The summed E-state index contributed by atoms with van der Waals surface area (Å²) in [6.45, 7) is 0.0785. The number of halogens is 3. The normalized spacial score (nSPS) is 17.9. The minimum atomic E-state index is -4.46. The summed E-state index contributed by atoms with van der Waals surface area (Å²) in [5.41, 5.74) is 0. The van der Waals surface area contributed by atoms with Crippen molar-refractivity contribution in [2.75, 3.05) is 19.6 Å². The SMILES string of the molecule is CCCN1C(=O)CN(CC(F)(F)F)C1=O. The quantitative estimate of drug-likeness (QED) is 0.676. The molecule has 3 amide bonds. The summed E-state index contributed by atoms with van der Waals surface area (Å²) in [6.07, 6.45) is -3.92. The van der Waals surface area contributed by atoms with Gasteiger partial charge in [0.1, 0.15) is 13.1 Å². The number of nitrogens with zero attached hydrogens (tertiary/aromatic N) is 2. The first-order valence-electron chi connectivity index (χ1n) is 4.51. The highest BCUT2D eigenvalue weighted by Crippen LogP contribution is 2.20. The Hall–Kier alpha value is -1.27. The lowest BCUT2D eigenvalue weighted by atomic mass is 10.4. The smallest absolute Gasteiger partial charge is 0.306 e. The van der Waals surface area contributed by atoms with Crippen molar-refractivity contribution in [1.29, 1.82) is 0 Å². The molecule has 1 heterocycles. The highest BCUT2D eigenvalue weighted by molar-refractivity contribution is 6.01. The van der Waals surface area contributed by atoms with Crippen molar-refractivity contribution >= 4 is 11.9 Å². The number of amides is 3. The van der Waals surface area contributed by atoms with E-state index in [1.54, 1.807) is 6.92 Å². The van der Waals surface area contributed by atoms with Gasteiger partial charge in [0.05, 0.1) is 0 Å². The van der Waals surface area contributed by atoms with Gasteiger partial charge in [-0.05, 0) is 6.42 Å². The summed E-state index contributed by atoms with van der Waals surface area (Å²) < 4.78 is 36.0. The molecule has 1 fully saturated rings. The van der Waals surface area contributed by atoms with Gasteiger partial charge in [0.2, 0.25) is 5.91 Å². The zero-order chi connectivity index (χ0) is 11.6. The number of hydrogen-bond donors (Lipinski definition) is 0. The molecule has 0 aromatic carbocycles. The molecule has 0 N–H and O–H groups in total. The van der Waals surface area contributed by atoms with E-state index >= 15 is 0 Å². The van der Waals surface area contributed by atoms with Crippen LogP contribution in [-0.4, -0.2) is 47.5 Å². The van der Waals surface area contributed by atoms with Gasteiger partial charge in [-0.15, -0.1) is 0 Å². The Labute approximate surface area is 84.6 Å². The number of hydrogen-bond acceptors (Lipinski definition) is 2. The third kappa shape index (κ3) is 2.84. The monoisotopic (exact) mass is 224 g/mol. The molecular formula is C8H11F3N2O2. The standard InChI is InChI=1S/C8H11F3N2O2/c1-2-3-13-6(14)4-12(7(13)15)5-8(9,10)11/h2-5H2,1H3. The van der Waals surface area contributed by atoms with E-state index in [-0.39, 0.29) is 6.54 Å². The van der Waals surface area contributed by atoms with Gasteiger partial charge in [-0.3, -0.25) is 9.69 Å². The molecule has 0 aromatic rings.